The van der Waals surface area contributed by atoms with Gasteiger partial charge >= 0.3 is 6.09 Å². The van der Waals surface area contributed by atoms with Crippen LogP contribution in [0.15, 0.2) is 24.4 Å². The molecule has 2 N–H and O–H groups in total. The summed E-state index contributed by atoms with van der Waals surface area (Å²) in [4.78, 5) is 28.2. The molecule has 1 fully saturated rings. The third-order valence-electron chi connectivity index (χ3n) is 5.21. The maximum Gasteiger partial charge on any atom is 0.409 e. The van der Waals surface area contributed by atoms with Crippen LogP contribution in [-0.2, 0) is 9.53 Å². The molecular weight excluding hydrogens is 487 g/mol. The number of benzene rings is 1. The summed E-state index contributed by atoms with van der Waals surface area (Å²) in [6, 6.07) is 4.61. The van der Waals surface area contributed by atoms with Crippen molar-refractivity contribution in [3.8, 4) is 0 Å². The van der Waals surface area contributed by atoms with Crippen LogP contribution in [0.1, 0.15) is 25.6 Å². The summed E-state index contributed by atoms with van der Waals surface area (Å²) >= 11 is 17.4. The predicted octanol–water partition coefficient (Wildman–Crippen LogP) is 4.17. The molecule has 2 heterocycles. The average Bonchev–Trinajstić information content (AvgIpc) is 3.15. The first-order chi connectivity index (χ1) is 15.7. The highest BCUT2D eigenvalue weighted by Crippen LogP contribution is 2.25. The molecule has 0 spiro atoms. The lowest BCUT2D eigenvalue weighted by Crippen LogP contribution is -2.52. The molecule has 0 saturated carbocycles. The minimum Gasteiger partial charge on any atom is -0.450 e. The lowest BCUT2D eigenvalue weighted by Gasteiger charge is -2.35. The highest BCUT2D eigenvalue weighted by molar-refractivity contribution is 7.80. The van der Waals surface area contributed by atoms with E-state index in [9.17, 15) is 9.59 Å². The zero-order chi connectivity index (χ0) is 24.1. The monoisotopic (exact) mass is 512 g/mol. The van der Waals surface area contributed by atoms with Crippen LogP contribution < -0.4 is 10.6 Å². The van der Waals surface area contributed by atoms with Gasteiger partial charge in [-0.2, -0.15) is 5.10 Å². The number of rotatable bonds is 5. The molecule has 0 radical (unpaired) electrons. The van der Waals surface area contributed by atoms with Crippen LogP contribution in [-0.4, -0.2) is 69.5 Å². The second kappa shape index (κ2) is 11.0. The highest BCUT2D eigenvalue weighted by Gasteiger charge is 2.29. The number of aromatic nitrogens is 2. The first-order valence-corrected chi connectivity index (χ1v) is 11.6. The van der Waals surface area contributed by atoms with E-state index < -0.39 is 6.04 Å². The number of hydrogen-bond donors (Lipinski definition) is 2. The van der Waals surface area contributed by atoms with Crippen molar-refractivity contribution >= 4 is 63.9 Å². The van der Waals surface area contributed by atoms with Crippen LogP contribution in [0, 0.1) is 6.92 Å². The molecule has 3 rings (SSSR count). The fourth-order valence-electron chi connectivity index (χ4n) is 3.36. The largest absolute Gasteiger partial charge is 0.450 e. The molecule has 33 heavy (non-hydrogen) atoms. The van der Waals surface area contributed by atoms with Crippen molar-refractivity contribution in [2.75, 3.05) is 43.4 Å². The minimum atomic E-state index is -0.509. The maximum atomic E-state index is 13.0. The van der Waals surface area contributed by atoms with Crippen LogP contribution >= 0.6 is 35.4 Å². The molecule has 178 valence electrons. The Bertz CT molecular complexity index is 1040. The number of nitrogens with zero attached hydrogens (tertiary/aromatic N) is 4. The van der Waals surface area contributed by atoms with Crippen LogP contribution in [0.3, 0.4) is 0 Å². The number of ether oxygens (including phenoxy) is 1. The summed E-state index contributed by atoms with van der Waals surface area (Å²) in [5.74, 6) is -0.0657. The number of carbonyl (C=O) groups excluding carboxylic acids is 2. The highest BCUT2D eigenvalue weighted by atomic mass is 35.5. The van der Waals surface area contributed by atoms with E-state index in [1.54, 1.807) is 52.7 Å². The molecule has 0 aliphatic carbocycles. The van der Waals surface area contributed by atoms with Gasteiger partial charge < -0.3 is 25.2 Å². The molecule has 2 amide bonds. The third-order valence-corrected chi connectivity index (χ3v) is 6.16. The van der Waals surface area contributed by atoms with Gasteiger partial charge in [0.15, 0.2) is 5.11 Å². The van der Waals surface area contributed by atoms with Gasteiger partial charge in [0, 0.05) is 38.1 Å². The molecule has 0 bridgehead atoms. The van der Waals surface area contributed by atoms with Crippen molar-refractivity contribution in [2.24, 2.45) is 0 Å². The molecule has 1 aliphatic heterocycles. The van der Waals surface area contributed by atoms with Crippen LogP contribution in [0.2, 0.25) is 10.0 Å². The first-order valence-electron chi connectivity index (χ1n) is 10.5. The Hall–Kier alpha value is -2.56. The SMILES string of the molecule is CCOC(=O)N1CCN(C(=O)C(C)n2cc(NC(=S)Nc3ccc(Cl)c(Cl)c3)c(C)n2)CC1. The molecule has 1 aromatic carbocycles. The van der Waals surface area contributed by atoms with E-state index in [0.29, 0.717) is 65.0 Å². The van der Waals surface area contributed by atoms with Crippen molar-refractivity contribution in [1.29, 1.82) is 0 Å². The fourth-order valence-corrected chi connectivity index (χ4v) is 3.89. The summed E-state index contributed by atoms with van der Waals surface area (Å²) in [5.41, 5.74) is 2.07. The van der Waals surface area contributed by atoms with Crippen LogP contribution in [0.25, 0.3) is 0 Å². The molecule has 12 heteroatoms. The van der Waals surface area contributed by atoms with Crippen molar-refractivity contribution < 1.29 is 14.3 Å². The molecular formula is C21H26Cl2N6O3S. The van der Waals surface area contributed by atoms with Crippen molar-refractivity contribution in [1.82, 2.24) is 19.6 Å². The van der Waals surface area contributed by atoms with Gasteiger partial charge in [-0.05, 0) is 51.2 Å². The number of halogens is 2. The van der Waals surface area contributed by atoms with Gasteiger partial charge in [-0.3, -0.25) is 9.48 Å². The Morgan fingerprint density at radius 3 is 2.45 bits per heavy atom. The minimum absolute atomic E-state index is 0.0657. The van der Waals surface area contributed by atoms with Gasteiger partial charge in [-0.15, -0.1) is 0 Å². The smallest absolute Gasteiger partial charge is 0.409 e. The van der Waals surface area contributed by atoms with Gasteiger partial charge in [-0.1, -0.05) is 23.2 Å². The second-order valence-corrected chi connectivity index (χ2v) is 8.73. The normalized spacial score (nSPS) is 14.6. The summed E-state index contributed by atoms with van der Waals surface area (Å²) in [6.07, 6.45) is 1.40. The van der Waals surface area contributed by atoms with Gasteiger partial charge in [0.1, 0.15) is 6.04 Å². The van der Waals surface area contributed by atoms with Gasteiger partial charge in [0.2, 0.25) is 5.91 Å². The standard InChI is InChI=1S/C21H26Cl2N6O3S/c1-4-32-21(31)28-9-7-27(8-10-28)19(30)14(3)29-12-18(13(2)26-29)25-20(33)24-15-5-6-16(22)17(23)11-15/h5-6,11-12,14H,4,7-10H2,1-3H3,(H2,24,25,33). The lowest BCUT2D eigenvalue weighted by molar-refractivity contribution is -0.136. The number of hydrogen-bond acceptors (Lipinski definition) is 5. The van der Waals surface area contributed by atoms with Crippen molar-refractivity contribution in [2.45, 2.75) is 26.8 Å². The van der Waals surface area contributed by atoms with Gasteiger partial charge in [0.25, 0.3) is 0 Å². The number of aryl methyl sites for hydroxylation is 1. The maximum absolute atomic E-state index is 13.0. The first kappa shape index (κ1) is 25.1. The van der Waals surface area contributed by atoms with Crippen molar-refractivity contribution in [3.05, 3.63) is 40.1 Å². The van der Waals surface area contributed by atoms with E-state index in [-0.39, 0.29) is 12.0 Å². The molecule has 1 aromatic heterocycles. The van der Waals surface area contributed by atoms with Gasteiger partial charge in [0.05, 0.1) is 28.0 Å². The van der Waals surface area contributed by atoms with Crippen molar-refractivity contribution in [3.63, 3.8) is 0 Å². The zero-order valence-electron chi connectivity index (χ0n) is 18.6. The molecule has 1 saturated heterocycles. The van der Waals surface area contributed by atoms with Crippen LogP contribution in [0.4, 0.5) is 16.2 Å². The molecule has 1 atom stereocenters. The van der Waals surface area contributed by atoms with E-state index >= 15 is 0 Å². The molecule has 9 nitrogen and oxygen atoms in total. The number of piperazine rings is 1. The third kappa shape index (κ3) is 6.27. The topological polar surface area (TPSA) is 91.7 Å². The van der Waals surface area contributed by atoms with Crippen LogP contribution in [0.5, 0.6) is 0 Å². The Morgan fingerprint density at radius 2 is 1.82 bits per heavy atom. The Kier molecular flexibility index (Phi) is 8.39. The summed E-state index contributed by atoms with van der Waals surface area (Å²) in [7, 11) is 0. The lowest BCUT2D eigenvalue weighted by atomic mass is 10.2. The number of carbonyl (C=O) groups is 2. The molecule has 1 unspecified atom stereocenters. The quantitative estimate of drug-likeness (QED) is 0.580. The van der Waals surface area contributed by atoms with E-state index in [4.69, 9.17) is 40.2 Å². The summed E-state index contributed by atoms with van der Waals surface area (Å²) in [6.45, 7) is 7.50. The van der Waals surface area contributed by atoms with E-state index in [0.717, 1.165) is 0 Å². The Morgan fingerprint density at radius 1 is 1.15 bits per heavy atom. The predicted molar refractivity (Wildman–Crippen MR) is 133 cm³/mol. The second-order valence-electron chi connectivity index (χ2n) is 7.50. The summed E-state index contributed by atoms with van der Waals surface area (Å²) in [5, 5.41) is 11.8. The Balaban J connectivity index is 1.58. The Labute approximate surface area is 207 Å². The van der Waals surface area contributed by atoms with E-state index in [1.807, 2.05) is 6.92 Å². The number of nitrogens with one attached hydrogen (secondary N) is 2. The molecule has 1 aliphatic rings. The van der Waals surface area contributed by atoms with Gasteiger partial charge in [-0.25, -0.2) is 4.79 Å². The average molecular weight is 513 g/mol. The van der Waals surface area contributed by atoms with E-state index in [2.05, 4.69) is 15.7 Å². The number of anilines is 2. The fraction of sp³-hybridized carbons (Fsp3) is 0.429. The number of thiocarbonyl (C=S) groups is 1. The summed E-state index contributed by atoms with van der Waals surface area (Å²) < 4.78 is 6.63. The number of amides is 2. The van der Waals surface area contributed by atoms with E-state index in [1.165, 1.54) is 0 Å². The zero-order valence-corrected chi connectivity index (χ0v) is 20.9. The molecule has 2 aromatic rings.